The van der Waals surface area contributed by atoms with Crippen molar-refractivity contribution in [3.05, 3.63) is 0 Å². The molecule has 0 aromatic rings. The van der Waals surface area contributed by atoms with Crippen molar-refractivity contribution in [3.8, 4) is 0 Å². The van der Waals surface area contributed by atoms with Gasteiger partial charge in [0.25, 0.3) is 0 Å². The Labute approximate surface area is 117 Å². The molecule has 0 aliphatic carbocycles. The van der Waals surface area contributed by atoms with Crippen molar-refractivity contribution < 1.29 is 4.79 Å². The van der Waals surface area contributed by atoms with Gasteiger partial charge in [-0.05, 0) is 45.6 Å². The number of nitrogens with one attached hydrogen (secondary N) is 1. The van der Waals surface area contributed by atoms with E-state index in [0.717, 1.165) is 44.9 Å². The van der Waals surface area contributed by atoms with Crippen LogP contribution < -0.4 is 5.32 Å². The molecular formula is C15H29N3O. The quantitative estimate of drug-likeness (QED) is 0.838. The van der Waals surface area contributed by atoms with Crippen LogP contribution in [0, 0.1) is 5.92 Å². The summed E-state index contributed by atoms with van der Waals surface area (Å²) in [6.07, 6.45) is 4.61. The van der Waals surface area contributed by atoms with Gasteiger partial charge in [-0.2, -0.15) is 0 Å². The number of rotatable bonds is 3. The van der Waals surface area contributed by atoms with E-state index in [1.807, 2.05) is 7.05 Å². The summed E-state index contributed by atoms with van der Waals surface area (Å²) in [5.41, 5.74) is 0.264. The number of nitrogens with zero attached hydrogens (tertiary/aromatic N) is 2. The van der Waals surface area contributed by atoms with Gasteiger partial charge in [0.2, 0.25) is 5.91 Å². The highest BCUT2D eigenvalue weighted by molar-refractivity contribution is 5.78. The van der Waals surface area contributed by atoms with Crippen LogP contribution in [-0.4, -0.2) is 61.0 Å². The smallest absolute Gasteiger partial charge is 0.236 e. The number of piperidine rings is 2. The zero-order chi connectivity index (χ0) is 13.9. The predicted octanol–water partition coefficient (Wildman–Crippen LogP) is 1.32. The summed E-state index contributed by atoms with van der Waals surface area (Å²) in [7, 11) is 2.04. The Morgan fingerprint density at radius 3 is 2.32 bits per heavy atom. The zero-order valence-electron chi connectivity index (χ0n) is 12.7. The molecule has 4 heteroatoms. The van der Waals surface area contributed by atoms with Gasteiger partial charge in [0.15, 0.2) is 0 Å². The van der Waals surface area contributed by atoms with Crippen LogP contribution in [0.4, 0.5) is 0 Å². The zero-order valence-corrected chi connectivity index (χ0v) is 12.7. The second-order valence-electron chi connectivity index (χ2n) is 6.65. The molecule has 0 saturated carbocycles. The fourth-order valence-electron chi connectivity index (χ4n) is 3.00. The third kappa shape index (κ3) is 3.93. The SMILES string of the molecule is CNC1(C)CCN(CC(=O)N2CCC(C)CC2)CC1. The van der Waals surface area contributed by atoms with E-state index in [0.29, 0.717) is 12.5 Å². The van der Waals surface area contributed by atoms with Crippen LogP contribution in [0.1, 0.15) is 39.5 Å². The molecular weight excluding hydrogens is 238 g/mol. The Bertz CT molecular complexity index is 303. The topological polar surface area (TPSA) is 35.6 Å². The average molecular weight is 267 g/mol. The van der Waals surface area contributed by atoms with Gasteiger partial charge in [0.05, 0.1) is 6.54 Å². The van der Waals surface area contributed by atoms with Crippen molar-refractivity contribution in [2.24, 2.45) is 5.92 Å². The van der Waals surface area contributed by atoms with E-state index < -0.39 is 0 Å². The normalized spacial score (nSPS) is 25.5. The van der Waals surface area contributed by atoms with Crippen LogP contribution in [-0.2, 0) is 4.79 Å². The van der Waals surface area contributed by atoms with Crippen LogP contribution in [0.15, 0.2) is 0 Å². The van der Waals surface area contributed by atoms with Crippen molar-refractivity contribution in [2.45, 2.75) is 45.1 Å². The second kappa shape index (κ2) is 6.23. The number of amides is 1. The standard InChI is InChI=1S/C15H29N3O/c1-13-4-8-18(9-5-13)14(19)12-17-10-6-15(2,16-3)7-11-17/h13,16H,4-12H2,1-3H3. The van der Waals surface area contributed by atoms with Gasteiger partial charge in [0.1, 0.15) is 0 Å². The minimum Gasteiger partial charge on any atom is -0.342 e. The van der Waals surface area contributed by atoms with Crippen LogP contribution in [0.25, 0.3) is 0 Å². The van der Waals surface area contributed by atoms with Gasteiger partial charge in [-0.3, -0.25) is 9.69 Å². The summed E-state index contributed by atoms with van der Waals surface area (Å²) >= 11 is 0. The maximum absolute atomic E-state index is 12.3. The summed E-state index contributed by atoms with van der Waals surface area (Å²) in [5, 5.41) is 3.40. The Hall–Kier alpha value is -0.610. The van der Waals surface area contributed by atoms with Crippen molar-refractivity contribution in [2.75, 3.05) is 39.8 Å². The molecule has 1 amide bonds. The highest BCUT2D eigenvalue weighted by atomic mass is 16.2. The van der Waals surface area contributed by atoms with E-state index in [1.165, 1.54) is 12.8 Å². The number of likely N-dealkylation sites (tertiary alicyclic amines) is 2. The van der Waals surface area contributed by atoms with Gasteiger partial charge in [0, 0.05) is 31.7 Å². The average Bonchev–Trinajstić information content (AvgIpc) is 2.42. The molecule has 0 aromatic heterocycles. The fourth-order valence-corrected chi connectivity index (χ4v) is 3.00. The van der Waals surface area contributed by atoms with Gasteiger partial charge in [-0.15, -0.1) is 0 Å². The predicted molar refractivity (Wildman–Crippen MR) is 78.1 cm³/mol. The molecule has 2 aliphatic rings. The molecule has 110 valence electrons. The Morgan fingerprint density at radius 1 is 1.21 bits per heavy atom. The third-order valence-corrected chi connectivity index (χ3v) is 5.06. The van der Waals surface area contributed by atoms with Crippen LogP contribution in [0.3, 0.4) is 0 Å². The number of carbonyl (C=O) groups is 1. The molecule has 0 atom stereocenters. The van der Waals surface area contributed by atoms with Crippen molar-refractivity contribution in [3.63, 3.8) is 0 Å². The lowest BCUT2D eigenvalue weighted by Gasteiger charge is -2.40. The number of hydrogen-bond acceptors (Lipinski definition) is 3. The summed E-state index contributed by atoms with van der Waals surface area (Å²) in [6.45, 7) is 9.17. The lowest BCUT2D eigenvalue weighted by molar-refractivity contribution is -0.134. The van der Waals surface area contributed by atoms with Crippen molar-refractivity contribution >= 4 is 5.91 Å². The first-order valence-electron chi connectivity index (χ1n) is 7.71. The summed E-state index contributed by atoms with van der Waals surface area (Å²) in [6, 6.07) is 0. The molecule has 19 heavy (non-hydrogen) atoms. The Kier molecular flexibility index (Phi) is 4.85. The molecule has 0 radical (unpaired) electrons. The third-order valence-electron chi connectivity index (χ3n) is 5.06. The lowest BCUT2D eigenvalue weighted by Crippen LogP contribution is -2.52. The molecule has 2 heterocycles. The minimum absolute atomic E-state index is 0.264. The first-order valence-corrected chi connectivity index (χ1v) is 7.71. The second-order valence-corrected chi connectivity index (χ2v) is 6.65. The van der Waals surface area contributed by atoms with Crippen molar-refractivity contribution in [1.82, 2.24) is 15.1 Å². The lowest BCUT2D eigenvalue weighted by atomic mass is 9.90. The maximum atomic E-state index is 12.3. The molecule has 0 aromatic carbocycles. The Morgan fingerprint density at radius 2 is 1.79 bits per heavy atom. The highest BCUT2D eigenvalue weighted by Gasteiger charge is 2.30. The molecule has 2 fully saturated rings. The molecule has 2 rings (SSSR count). The van der Waals surface area contributed by atoms with E-state index in [2.05, 4.69) is 29.0 Å². The molecule has 4 nitrogen and oxygen atoms in total. The fraction of sp³-hybridized carbons (Fsp3) is 0.933. The first-order chi connectivity index (χ1) is 9.02. The molecule has 0 spiro atoms. The summed E-state index contributed by atoms with van der Waals surface area (Å²) < 4.78 is 0. The number of hydrogen-bond donors (Lipinski definition) is 1. The van der Waals surface area contributed by atoms with E-state index in [-0.39, 0.29) is 5.54 Å². The Balaban J connectivity index is 1.75. The molecule has 0 bridgehead atoms. The summed E-state index contributed by atoms with van der Waals surface area (Å²) in [4.78, 5) is 16.7. The first kappa shape index (κ1) is 14.8. The largest absolute Gasteiger partial charge is 0.342 e. The van der Waals surface area contributed by atoms with Crippen LogP contribution in [0.5, 0.6) is 0 Å². The molecule has 1 N–H and O–H groups in total. The van der Waals surface area contributed by atoms with E-state index in [9.17, 15) is 4.79 Å². The minimum atomic E-state index is 0.264. The van der Waals surface area contributed by atoms with Crippen LogP contribution in [0.2, 0.25) is 0 Å². The summed E-state index contributed by atoms with van der Waals surface area (Å²) in [5.74, 6) is 1.12. The molecule has 2 aliphatic heterocycles. The van der Waals surface area contributed by atoms with Gasteiger partial charge < -0.3 is 10.2 Å². The van der Waals surface area contributed by atoms with Gasteiger partial charge in [-0.25, -0.2) is 0 Å². The van der Waals surface area contributed by atoms with E-state index >= 15 is 0 Å². The number of carbonyl (C=O) groups excluding carboxylic acids is 1. The van der Waals surface area contributed by atoms with Gasteiger partial charge in [-0.1, -0.05) is 6.92 Å². The highest BCUT2D eigenvalue weighted by Crippen LogP contribution is 2.21. The maximum Gasteiger partial charge on any atom is 0.236 e. The molecule has 2 saturated heterocycles. The molecule has 0 unspecified atom stereocenters. The van der Waals surface area contributed by atoms with E-state index in [1.54, 1.807) is 0 Å². The van der Waals surface area contributed by atoms with E-state index in [4.69, 9.17) is 0 Å². The van der Waals surface area contributed by atoms with Crippen LogP contribution >= 0.6 is 0 Å². The monoisotopic (exact) mass is 267 g/mol. The van der Waals surface area contributed by atoms with Crippen molar-refractivity contribution in [1.29, 1.82) is 0 Å². The van der Waals surface area contributed by atoms with Gasteiger partial charge >= 0.3 is 0 Å².